The molecule has 0 amide bonds. The van der Waals surface area contributed by atoms with E-state index in [0.29, 0.717) is 6.04 Å². The van der Waals surface area contributed by atoms with Crippen LogP contribution in [0.15, 0.2) is 30.9 Å². The van der Waals surface area contributed by atoms with E-state index in [2.05, 4.69) is 35.2 Å². The first kappa shape index (κ1) is 12.8. The average molecular weight is 244 g/mol. The van der Waals surface area contributed by atoms with E-state index >= 15 is 0 Å². The lowest BCUT2D eigenvalue weighted by molar-refractivity contribution is 0.587. The number of hydrogen-bond acceptors (Lipinski definition) is 3. The molecular formula is C14H20N4. The Morgan fingerprint density at radius 3 is 2.72 bits per heavy atom. The molecule has 96 valence electrons. The van der Waals surface area contributed by atoms with Gasteiger partial charge in [0.1, 0.15) is 5.82 Å². The van der Waals surface area contributed by atoms with Gasteiger partial charge in [-0.3, -0.25) is 4.98 Å². The number of rotatable bonds is 5. The van der Waals surface area contributed by atoms with Gasteiger partial charge in [0.2, 0.25) is 0 Å². The van der Waals surface area contributed by atoms with Crippen LogP contribution in [0.25, 0.3) is 0 Å². The Balaban J connectivity index is 2.05. The second kappa shape index (κ2) is 5.78. The highest BCUT2D eigenvalue weighted by Gasteiger charge is 2.03. The van der Waals surface area contributed by atoms with E-state index in [4.69, 9.17) is 0 Å². The van der Waals surface area contributed by atoms with Gasteiger partial charge in [0.25, 0.3) is 0 Å². The maximum absolute atomic E-state index is 4.33. The molecule has 0 spiro atoms. The molecule has 0 radical (unpaired) electrons. The number of hydrogen-bond donors (Lipinski definition) is 1. The fourth-order valence-corrected chi connectivity index (χ4v) is 1.81. The molecule has 0 saturated carbocycles. The van der Waals surface area contributed by atoms with Crippen LogP contribution in [0, 0.1) is 0 Å². The van der Waals surface area contributed by atoms with Crippen LogP contribution in [-0.2, 0) is 20.0 Å². The summed E-state index contributed by atoms with van der Waals surface area (Å²) in [5.74, 6) is 1.06. The molecule has 0 atom stereocenters. The van der Waals surface area contributed by atoms with Crippen molar-refractivity contribution in [3.05, 3.63) is 47.8 Å². The minimum absolute atomic E-state index is 0.489. The van der Waals surface area contributed by atoms with Crippen LogP contribution in [0.1, 0.15) is 30.8 Å². The predicted octanol–water partition coefficient (Wildman–Crippen LogP) is 1.90. The average Bonchev–Trinajstić information content (AvgIpc) is 2.73. The van der Waals surface area contributed by atoms with Gasteiger partial charge in [0.15, 0.2) is 0 Å². The summed E-state index contributed by atoms with van der Waals surface area (Å²) in [5, 5.41) is 3.40. The van der Waals surface area contributed by atoms with Gasteiger partial charge in [0.05, 0.1) is 0 Å². The molecule has 0 unspecified atom stereocenters. The van der Waals surface area contributed by atoms with Gasteiger partial charge in [-0.25, -0.2) is 4.98 Å². The van der Waals surface area contributed by atoms with E-state index in [1.165, 1.54) is 11.1 Å². The van der Waals surface area contributed by atoms with Crippen molar-refractivity contribution in [3.8, 4) is 0 Å². The molecule has 0 saturated heterocycles. The summed E-state index contributed by atoms with van der Waals surface area (Å²) in [6.07, 6.45) is 8.44. The highest BCUT2D eigenvalue weighted by molar-refractivity contribution is 5.21. The van der Waals surface area contributed by atoms with E-state index in [0.717, 1.165) is 18.8 Å². The van der Waals surface area contributed by atoms with Crippen LogP contribution in [-0.4, -0.2) is 20.6 Å². The predicted molar refractivity (Wildman–Crippen MR) is 72.2 cm³/mol. The molecule has 2 aromatic heterocycles. The Labute approximate surface area is 108 Å². The second-order valence-electron chi connectivity index (χ2n) is 4.87. The summed E-state index contributed by atoms with van der Waals surface area (Å²) < 4.78 is 2.04. The van der Waals surface area contributed by atoms with E-state index in [1.807, 2.05) is 36.4 Å². The lowest BCUT2D eigenvalue weighted by atomic mass is 10.1. The first-order valence-corrected chi connectivity index (χ1v) is 6.27. The molecule has 1 N–H and O–H groups in total. The number of nitrogens with zero attached hydrogens (tertiary/aromatic N) is 3. The smallest absolute Gasteiger partial charge is 0.112 e. The van der Waals surface area contributed by atoms with Crippen molar-refractivity contribution in [1.82, 2.24) is 19.9 Å². The van der Waals surface area contributed by atoms with Gasteiger partial charge in [-0.15, -0.1) is 0 Å². The molecule has 4 nitrogen and oxygen atoms in total. The summed E-state index contributed by atoms with van der Waals surface area (Å²) >= 11 is 0. The molecule has 18 heavy (non-hydrogen) atoms. The van der Waals surface area contributed by atoms with E-state index in [1.54, 1.807) is 0 Å². The number of imidazole rings is 1. The van der Waals surface area contributed by atoms with Gasteiger partial charge in [0, 0.05) is 50.8 Å². The molecule has 0 aliphatic carbocycles. The van der Waals surface area contributed by atoms with Crippen molar-refractivity contribution >= 4 is 0 Å². The quantitative estimate of drug-likeness (QED) is 0.873. The van der Waals surface area contributed by atoms with Crippen molar-refractivity contribution < 1.29 is 0 Å². The SMILES string of the molecule is CC(C)NCc1cncc(Cc2nccn2C)c1. The third-order valence-corrected chi connectivity index (χ3v) is 2.85. The lowest BCUT2D eigenvalue weighted by Gasteiger charge is -2.09. The highest BCUT2D eigenvalue weighted by Crippen LogP contribution is 2.08. The van der Waals surface area contributed by atoms with Gasteiger partial charge in [-0.05, 0) is 11.1 Å². The summed E-state index contributed by atoms with van der Waals surface area (Å²) in [6, 6.07) is 2.68. The summed E-state index contributed by atoms with van der Waals surface area (Å²) in [4.78, 5) is 8.63. The Bertz CT molecular complexity index is 502. The first-order valence-electron chi connectivity index (χ1n) is 6.27. The molecule has 0 aliphatic heterocycles. The Morgan fingerprint density at radius 1 is 1.28 bits per heavy atom. The molecular weight excluding hydrogens is 224 g/mol. The zero-order valence-corrected chi connectivity index (χ0v) is 11.2. The van der Waals surface area contributed by atoms with Crippen LogP contribution in [0.3, 0.4) is 0 Å². The molecule has 2 rings (SSSR count). The molecule has 0 bridgehead atoms. The largest absolute Gasteiger partial charge is 0.338 e. The van der Waals surface area contributed by atoms with Crippen molar-refractivity contribution in [3.63, 3.8) is 0 Å². The maximum Gasteiger partial charge on any atom is 0.112 e. The van der Waals surface area contributed by atoms with Gasteiger partial charge >= 0.3 is 0 Å². The minimum atomic E-state index is 0.489. The third kappa shape index (κ3) is 3.40. The Hall–Kier alpha value is -1.68. The van der Waals surface area contributed by atoms with Crippen LogP contribution in [0.2, 0.25) is 0 Å². The van der Waals surface area contributed by atoms with Crippen LogP contribution in [0.5, 0.6) is 0 Å². The van der Waals surface area contributed by atoms with Crippen molar-refractivity contribution in [2.24, 2.45) is 7.05 Å². The standard InChI is InChI=1S/C14H20N4/c1-11(2)17-10-13-6-12(8-15-9-13)7-14-16-4-5-18(14)3/h4-6,8-9,11,17H,7,10H2,1-3H3. The number of pyridine rings is 1. The lowest BCUT2D eigenvalue weighted by Crippen LogP contribution is -2.21. The zero-order valence-electron chi connectivity index (χ0n) is 11.2. The fourth-order valence-electron chi connectivity index (χ4n) is 1.81. The first-order chi connectivity index (χ1) is 8.65. The van der Waals surface area contributed by atoms with Gasteiger partial charge in [-0.2, -0.15) is 0 Å². The second-order valence-corrected chi connectivity index (χ2v) is 4.87. The van der Waals surface area contributed by atoms with Gasteiger partial charge < -0.3 is 9.88 Å². The van der Waals surface area contributed by atoms with Crippen LogP contribution in [0.4, 0.5) is 0 Å². The van der Waals surface area contributed by atoms with Crippen molar-refractivity contribution in [1.29, 1.82) is 0 Å². The summed E-state index contributed by atoms with van der Waals surface area (Å²) in [6.45, 7) is 5.15. The van der Waals surface area contributed by atoms with E-state index in [9.17, 15) is 0 Å². The maximum atomic E-state index is 4.33. The van der Waals surface area contributed by atoms with Crippen molar-refractivity contribution in [2.75, 3.05) is 0 Å². The third-order valence-electron chi connectivity index (χ3n) is 2.85. The van der Waals surface area contributed by atoms with E-state index in [-0.39, 0.29) is 0 Å². The minimum Gasteiger partial charge on any atom is -0.338 e. The molecule has 4 heteroatoms. The molecule has 0 aliphatic rings. The van der Waals surface area contributed by atoms with Gasteiger partial charge in [-0.1, -0.05) is 19.9 Å². The summed E-state index contributed by atoms with van der Waals surface area (Å²) in [7, 11) is 2.01. The van der Waals surface area contributed by atoms with Crippen LogP contribution < -0.4 is 5.32 Å². The molecule has 0 aromatic carbocycles. The summed E-state index contributed by atoms with van der Waals surface area (Å²) in [5.41, 5.74) is 2.42. The molecule has 0 fully saturated rings. The van der Waals surface area contributed by atoms with Crippen LogP contribution >= 0.6 is 0 Å². The Kier molecular flexibility index (Phi) is 4.10. The number of aromatic nitrogens is 3. The highest BCUT2D eigenvalue weighted by atomic mass is 15.0. The fraction of sp³-hybridized carbons (Fsp3) is 0.429. The number of aryl methyl sites for hydroxylation is 1. The Morgan fingerprint density at radius 2 is 2.06 bits per heavy atom. The normalized spacial score (nSPS) is 11.1. The van der Waals surface area contributed by atoms with Crippen molar-refractivity contribution in [2.45, 2.75) is 32.9 Å². The zero-order chi connectivity index (χ0) is 13.0. The van der Waals surface area contributed by atoms with E-state index < -0.39 is 0 Å². The topological polar surface area (TPSA) is 42.7 Å². The monoisotopic (exact) mass is 244 g/mol. The molecule has 2 aromatic rings. The number of nitrogens with one attached hydrogen (secondary N) is 1. The molecule has 2 heterocycles.